The van der Waals surface area contributed by atoms with Gasteiger partial charge < -0.3 is 26.1 Å². The van der Waals surface area contributed by atoms with E-state index in [1.165, 1.54) is 0 Å². The van der Waals surface area contributed by atoms with Crippen LogP contribution in [0.3, 0.4) is 0 Å². The Hall–Kier alpha value is 1.69. The van der Waals surface area contributed by atoms with Crippen LogP contribution in [0.4, 0.5) is 0 Å². The predicted octanol–water partition coefficient (Wildman–Crippen LogP) is -4.76. The molecule has 0 aliphatic carbocycles. The zero-order valence-corrected chi connectivity index (χ0v) is 9.12. The summed E-state index contributed by atoms with van der Waals surface area (Å²) in [5.41, 5.74) is 0. The van der Waals surface area contributed by atoms with Gasteiger partial charge in [0.1, 0.15) is 0 Å². The van der Waals surface area contributed by atoms with E-state index in [1.807, 2.05) is 0 Å². The third-order valence-corrected chi connectivity index (χ3v) is 0. The summed E-state index contributed by atoms with van der Waals surface area (Å²) >= 11 is 0. The summed E-state index contributed by atoms with van der Waals surface area (Å²) in [5, 5.41) is 0. The van der Waals surface area contributed by atoms with E-state index in [-0.39, 0.29) is 51.4 Å². The molecule has 0 amide bonds. The van der Waals surface area contributed by atoms with E-state index in [2.05, 4.69) is 6.92 Å². The van der Waals surface area contributed by atoms with Crippen LogP contribution in [-0.4, -0.2) is 28.2 Å². The zero-order chi connectivity index (χ0) is 6.50. The van der Waals surface area contributed by atoms with Crippen molar-refractivity contribution in [2.75, 3.05) is 0 Å². The van der Waals surface area contributed by atoms with Gasteiger partial charge in [0.15, 0.2) is 0 Å². The molecule has 0 heterocycles. The van der Waals surface area contributed by atoms with Crippen molar-refractivity contribution in [3.8, 4) is 0 Å². The topological polar surface area (TPSA) is 80.9 Å². The van der Waals surface area contributed by atoms with Gasteiger partial charge >= 0.3 is 60.4 Å². The Morgan fingerprint density at radius 1 is 1.00 bits per heavy atom. The molecular formula is C2H9KO4Si. The fourth-order valence-electron chi connectivity index (χ4n) is 0. The minimum absolute atomic E-state index is 0. The van der Waals surface area contributed by atoms with Crippen molar-refractivity contribution in [3.05, 3.63) is 6.92 Å². The number of rotatable bonds is 0. The Kier molecular flexibility index (Phi) is 17.8. The van der Waals surface area contributed by atoms with Crippen molar-refractivity contribution in [2.24, 2.45) is 0 Å². The average molecular weight is 164 g/mol. The normalized spacial score (nSPS) is 8.25. The van der Waals surface area contributed by atoms with E-state index in [9.17, 15) is 0 Å². The van der Waals surface area contributed by atoms with Crippen LogP contribution in [0.5, 0.6) is 0 Å². The van der Waals surface area contributed by atoms with Gasteiger partial charge in [0.05, 0.1) is 0 Å². The number of hydrogen-bond acceptors (Lipinski definition) is 4. The summed E-state index contributed by atoms with van der Waals surface area (Å²) in [4.78, 5) is 29.3. The van der Waals surface area contributed by atoms with Crippen molar-refractivity contribution < 1.29 is 70.6 Å². The zero-order valence-electron chi connectivity index (χ0n) is 5.00. The van der Waals surface area contributed by atoms with E-state index in [4.69, 9.17) is 19.2 Å². The van der Waals surface area contributed by atoms with E-state index in [0.717, 1.165) is 0 Å². The van der Waals surface area contributed by atoms with Gasteiger partial charge in [-0.25, -0.2) is 0 Å². The molecule has 46 valence electrons. The predicted molar refractivity (Wildman–Crippen MR) is 25.7 cm³/mol. The van der Waals surface area contributed by atoms with Crippen LogP contribution >= 0.6 is 0 Å². The molecule has 0 radical (unpaired) electrons. The molecule has 0 aromatic rings. The summed E-state index contributed by atoms with van der Waals surface area (Å²) in [6.45, 7) is 5.00. The largest absolute Gasteiger partial charge is 1.00 e. The average Bonchev–Trinajstić information content (AvgIpc) is 1.36. The fraction of sp³-hybridized carbons (Fsp3) is 0.500. The fourth-order valence-corrected chi connectivity index (χ4v) is 0. The maximum absolute atomic E-state index is 7.33. The second kappa shape index (κ2) is 8.69. The summed E-state index contributed by atoms with van der Waals surface area (Å²) in [5.74, 6) is 0. The van der Waals surface area contributed by atoms with Gasteiger partial charge in [0.25, 0.3) is 0 Å². The van der Waals surface area contributed by atoms with Crippen molar-refractivity contribution >= 4 is 9.05 Å². The molecule has 0 rings (SSSR count). The van der Waals surface area contributed by atoms with Crippen molar-refractivity contribution in [2.45, 2.75) is 6.92 Å². The molecule has 0 aromatic heterocycles. The molecule has 0 saturated carbocycles. The van der Waals surface area contributed by atoms with Gasteiger partial charge in [-0.05, 0) is 0 Å². The molecule has 0 spiro atoms. The third-order valence-electron chi connectivity index (χ3n) is 0. The van der Waals surface area contributed by atoms with Crippen LogP contribution in [0.1, 0.15) is 6.92 Å². The molecule has 0 bridgehead atoms. The van der Waals surface area contributed by atoms with Gasteiger partial charge in [-0.3, -0.25) is 0 Å². The Balaban J connectivity index is -0.0000000750. The number of hydrogen-bond donors (Lipinski definition) is 4. The standard InChI is InChI=1S/C2H5.K.H4O4Si/c1-2;;1-5(2,3)4/h1H2,2H3;;1-4H/q-1;+1;. The molecular weight excluding hydrogens is 155 g/mol. The molecule has 0 atom stereocenters. The second-order valence-electron chi connectivity index (χ2n) is 0.600. The van der Waals surface area contributed by atoms with Crippen LogP contribution in [0.25, 0.3) is 0 Å². The van der Waals surface area contributed by atoms with Crippen LogP contribution in [0.2, 0.25) is 0 Å². The maximum atomic E-state index is 7.33. The monoisotopic (exact) mass is 164 g/mol. The van der Waals surface area contributed by atoms with Gasteiger partial charge in [-0.2, -0.15) is 6.92 Å². The molecule has 8 heavy (non-hydrogen) atoms. The minimum Gasteiger partial charge on any atom is -0.368 e. The van der Waals surface area contributed by atoms with E-state index >= 15 is 0 Å². The van der Waals surface area contributed by atoms with E-state index in [0.29, 0.717) is 0 Å². The molecule has 0 aliphatic rings. The molecule has 6 heteroatoms. The Labute approximate surface area is 92.1 Å². The van der Waals surface area contributed by atoms with Crippen LogP contribution in [0.15, 0.2) is 0 Å². The summed E-state index contributed by atoms with van der Waals surface area (Å²) in [6.07, 6.45) is 0. The van der Waals surface area contributed by atoms with Gasteiger partial charge in [0, 0.05) is 0 Å². The molecule has 0 aromatic carbocycles. The molecule has 0 saturated heterocycles. The SMILES string of the molecule is O[Si](O)(O)O.[CH2-]C.[K+]. The Bertz CT molecular complexity index is 29.5. The molecule has 0 fully saturated rings. The summed E-state index contributed by atoms with van der Waals surface area (Å²) in [7, 11) is -4.61. The van der Waals surface area contributed by atoms with Gasteiger partial charge in [0.2, 0.25) is 0 Å². The van der Waals surface area contributed by atoms with Crippen molar-refractivity contribution in [1.29, 1.82) is 0 Å². The first-order chi connectivity index (χ1) is 3.00. The first kappa shape index (κ1) is 16.4. The summed E-state index contributed by atoms with van der Waals surface area (Å²) in [6, 6.07) is 0. The quantitative estimate of drug-likeness (QED) is 0.214. The smallest absolute Gasteiger partial charge is 0.368 e. The molecule has 4 N–H and O–H groups in total. The molecule has 0 unspecified atom stereocenters. The Morgan fingerprint density at radius 2 is 1.00 bits per heavy atom. The van der Waals surface area contributed by atoms with E-state index in [1.54, 1.807) is 6.92 Å². The van der Waals surface area contributed by atoms with Crippen LogP contribution < -0.4 is 51.4 Å². The Morgan fingerprint density at radius 3 is 1.00 bits per heavy atom. The summed E-state index contributed by atoms with van der Waals surface area (Å²) < 4.78 is 0. The maximum Gasteiger partial charge on any atom is 1.00 e. The molecule has 4 nitrogen and oxygen atoms in total. The van der Waals surface area contributed by atoms with Gasteiger partial charge in [-0.1, -0.05) is 0 Å². The molecule has 0 aliphatic heterocycles. The van der Waals surface area contributed by atoms with Crippen LogP contribution in [0, 0.1) is 6.92 Å². The van der Waals surface area contributed by atoms with Gasteiger partial charge in [-0.15, -0.1) is 0 Å². The van der Waals surface area contributed by atoms with E-state index < -0.39 is 9.05 Å². The first-order valence-electron chi connectivity index (χ1n) is 1.60. The van der Waals surface area contributed by atoms with Crippen molar-refractivity contribution in [3.63, 3.8) is 0 Å². The van der Waals surface area contributed by atoms with Crippen LogP contribution in [-0.2, 0) is 0 Å². The second-order valence-corrected chi connectivity index (χ2v) is 1.80. The first-order valence-corrected chi connectivity index (χ1v) is 3.39. The van der Waals surface area contributed by atoms with Crippen molar-refractivity contribution in [1.82, 2.24) is 0 Å². The third kappa shape index (κ3) is 120. The minimum atomic E-state index is -4.61.